The lowest BCUT2D eigenvalue weighted by Gasteiger charge is -2.35. The number of nitrogens with zero attached hydrogens (tertiary/aromatic N) is 2. The summed E-state index contributed by atoms with van der Waals surface area (Å²) < 4.78 is 0. The van der Waals surface area contributed by atoms with Crippen LogP contribution < -0.4 is 10.2 Å². The quantitative estimate of drug-likeness (QED) is 0.912. The number of amides is 2. The second-order valence-corrected chi connectivity index (χ2v) is 6.06. The predicted octanol–water partition coefficient (Wildman–Crippen LogP) is 1.18. The van der Waals surface area contributed by atoms with E-state index in [9.17, 15) is 9.59 Å². The Balaban J connectivity index is 1.66. The van der Waals surface area contributed by atoms with Gasteiger partial charge in [-0.3, -0.25) is 9.59 Å². The summed E-state index contributed by atoms with van der Waals surface area (Å²) in [5.74, 6) is 0.268. The average Bonchev–Trinajstić information content (AvgIpc) is 2.54. The average molecular weight is 301 g/mol. The lowest BCUT2D eigenvalue weighted by molar-refractivity contribution is -0.133. The van der Waals surface area contributed by atoms with Crippen LogP contribution in [0.3, 0.4) is 0 Å². The van der Waals surface area contributed by atoms with Gasteiger partial charge in [0.2, 0.25) is 11.8 Å². The van der Waals surface area contributed by atoms with Crippen molar-refractivity contribution in [1.29, 1.82) is 0 Å². The normalized spacial score (nSPS) is 21.7. The number of rotatable bonds is 3. The van der Waals surface area contributed by atoms with E-state index in [1.807, 2.05) is 23.1 Å². The third kappa shape index (κ3) is 2.99. The fourth-order valence-electron chi connectivity index (χ4n) is 3.30. The van der Waals surface area contributed by atoms with Crippen LogP contribution in [0.1, 0.15) is 25.3 Å². The van der Waals surface area contributed by atoms with Crippen LogP contribution in [0.25, 0.3) is 0 Å². The van der Waals surface area contributed by atoms with Crippen LogP contribution in [0, 0.1) is 0 Å². The van der Waals surface area contributed by atoms with Crippen LogP contribution in [0.4, 0.5) is 5.69 Å². The van der Waals surface area contributed by atoms with Gasteiger partial charge in [0.15, 0.2) is 0 Å². The monoisotopic (exact) mass is 301 g/mol. The Kier molecular flexibility index (Phi) is 4.43. The highest BCUT2D eigenvalue weighted by Crippen LogP contribution is 2.27. The molecular formula is C17H23N3O2. The number of carbonyl (C=O) groups is 2. The molecule has 0 saturated carbocycles. The fourth-order valence-corrected chi connectivity index (χ4v) is 3.30. The van der Waals surface area contributed by atoms with Gasteiger partial charge in [0, 0.05) is 50.7 Å². The maximum Gasteiger partial charge on any atom is 0.227 e. The molecule has 1 aromatic rings. The molecule has 5 nitrogen and oxygen atoms in total. The van der Waals surface area contributed by atoms with Gasteiger partial charge in [0.05, 0.1) is 0 Å². The second-order valence-electron chi connectivity index (χ2n) is 6.06. The lowest BCUT2D eigenvalue weighted by atomic mass is 10.0. The number of fused-ring (bicyclic) bond motifs is 1. The number of hydrogen-bond acceptors (Lipinski definition) is 3. The first kappa shape index (κ1) is 15.0. The molecular weight excluding hydrogens is 278 g/mol. The number of aryl methyl sites for hydroxylation is 1. The van der Waals surface area contributed by atoms with Crippen molar-refractivity contribution in [3.05, 3.63) is 29.8 Å². The SMILES string of the molecule is C[C@H]1CNCCN1C(=O)CCN1C(=O)CCc2ccccc21. The molecule has 1 saturated heterocycles. The van der Waals surface area contributed by atoms with Crippen molar-refractivity contribution < 1.29 is 9.59 Å². The van der Waals surface area contributed by atoms with Crippen LogP contribution >= 0.6 is 0 Å². The Labute approximate surface area is 131 Å². The zero-order valence-electron chi connectivity index (χ0n) is 13.0. The first-order chi connectivity index (χ1) is 10.7. The van der Waals surface area contributed by atoms with E-state index in [1.54, 1.807) is 4.90 Å². The van der Waals surface area contributed by atoms with Gasteiger partial charge in [-0.1, -0.05) is 18.2 Å². The maximum atomic E-state index is 12.4. The molecule has 118 valence electrons. The van der Waals surface area contributed by atoms with E-state index in [0.29, 0.717) is 19.4 Å². The molecule has 22 heavy (non-hydrogen) atoms. The standard InChI is InChI=1S/C17H23N3O2/c1-13-12-18-9-11-19(13)17(22)8-10-20-15-5-3-2-4-14(15)6-7-16(20)21/h2-5,13,18H,6-12H2,1H3/t13-/m0/s1. The first-order valence-electron chi connectivity index (χ1n) is 8.05. The van der Waals surface area contributed by atoms with Gasteiger partial charge in [0.1, 0.15) is 0 Å². The summed E-state index contributed by atoms with van der Waals surface area (Å²) in [6, 6.07) is 8.22. The number of piperazine rings is 1. The molecule has 2 heterocycles. The lowest BCUT2D eigenvalue weighted by Crippen LogP contribution is -2.52. The predicted molar refractivity (Wildman–Crippen MR) is 85.8 cm³/mol. The van der Waals surface area contributed by atoms with Crippen LogP contribution in [0.15, 0.2) is 24.3 Å². The van der Waals surface area contributed by atoms with Crippen molar-refractivity contribution in [2.45, 2.75) is 32.2 Å². The maximum absolute atomic E-state index is 12.4. The molecule has 0 spiro atoms. The highest BCUT2D eigenvalue weighted by atomic mass is 16.2. The van der Waals surface area contributed by atoms with Crippen molar-refractivity contribution in [3.63, 3.8) is 0 Å². The van der Waals surface area contributed by atoms with Gasteiger partial charge < -0.3 is 15.1 Å². The van der Waals surface area contributed by atoms with Gasteiger partial charge in [-0.15, -0.1) is 0 Å². The Morgan fingerprint density at radius 1 is 1.32 bits per heavy atom. The Bertz CT molecular complexity index is 573. The summed E-state index contributed by atoms with van der Waals surface area (Å²) in [6.45, 7) is 4.99. The van der Waals surface area contributed by atoms with E-state index < -0.39 is 0 Å². The van der Waals surface area contributed by atoms with E-state index >= 15 is 0 Å². The zero-order valence-corrected chi connectivity index (χ0v) is 13.0. The topological polar surface area (TPSA) is 52.7 Å². The number of carbonyl (C=O) groups excluding carboxylic acids is 2. The summed E-state index contributed by atoms with van der Waals surface area (Å²) in [7, 11) is 0. The van der Waals surface area contributed by atoms with Gasteiger partial charge in [-0.2, -0.15) is 0 Å². The molecule has 0 radical (unpaired) electrons. The van der Waals surface area contributed by atoms with Crippen LogP contribution in [0.2, 0.25) is 0 Å². The molecule has 0 aromatic heterocycles. The van der Waals surface area contributed by atoms with Crippen LogP contribution in [-0.4, -0.2) is 48.9 Å². The summed E-state index contributed by atoms with van der Waals surface area (Å²) >= 11 is 0. The molecule has 0 unspecified atom stereocenters. The molecule has 1 atom stereocenters. The van der Waals surface area contributed by atoms with E-state index in [2.05, 4.69) is 18.3 Å². The van der Waals surface area contributed by atoms with Gasteiger partial charge in [-0.25, -0.2) is 0 Å². The molecule has 0 bridgehead atoms. The number of nitrogens with one attached hydrogen (secondary N) is 1. The largest absolute Gasteiger partial charge is 0.337 e. The van der Waals surface area contributed by atoms with Crippen molar-refractivity contribution in [3.8, 4) is 0 Å². The van der Waals surface area contributed by atoms with Crippen molar-refractivity contribution in [2.75, 3.05) is 31.1 Å². The third-order valence-corrected chi connectivity index (χ3v) is 4.56. The van der Waals surface area contributed by atoms with Crippen LogP contribution in [-0.2, 0) is 16.0 Å². The second kappa shape index (κ2) is 6.48. The minimum atomic E-state index is 0.125. The minimum absolute atomic E-state index is 0.125. The van der Waals surface area contributed by atoms with E-state index in [1.165, 1.54) is 5.56 Å². The molecule has 2 aliphatic rings. The molecule has 1 aromatic carbocycles. The third-order valence-electron chi connectivity index (χ3n) is 4.56. The summed E-state index contributed by atoms with van der Waals surface area (Å²) in [5.41, 5.74) is 2.17. The number of anilines is 1. The van der Waals surface area contributed by atoms with Crippen molar-refractivity contribution in [1.82, 2.24) is 10.2 Å². The van der Waals surface area contributed by atoms with E-state index in [4.69, 9.17) is 0 Å². The molecule has 0 aliphatic carbocycles. The van der Waals surface area contributed by atoms with Gasteiger partial charge in [0.25, 0.3) is 0 Å². The Morgan fingerprint density at radius 2 is 2.14 bits per heavy atom. The number of benzene rings is 1. The molecule has 5 heteroatoms. The molecule has 3 rings (SSSR count). The Morgan fingerprint density at radius 3 is 2.95 bits per heavy atom. The van der Waals surface area contributed by atoms with Gasteiger partial charge >= 0.3 is 0 Å². The molecule has 1 N–H and O–H groups in total. The summed E-state index contributed by atoms with van der Waals surface area (Å²) in [5, 5.41) is 3.29. The van der Waals surface area contributed by atoms with E-state index in [0.717, 1.165) is 31.7 Å². The highest BCUT2D eigenvalue weighted by molar-refractivity contribution is 5.97. The fraction of sp³-hybridized carbons (Fsp3) is 0.529. The Hall–Kier alpha value is -1.88. The minimum Gasteiger partial charge on any atom is -0.337 e. The molecule has 1 fully saturated rings. The highest BCUT2D eigenvalue weighted by Gasteiger charge is 2.27. The summed E-state index contributed by atoms with van der Waals surface area (Å²) in [6.07, 6.45) is 1.73. The summed E-state index contributed by atoms with van der Waals surface area (Å²) in [4.78, 5) is 28.3. The zero-order chi connectivity index (χ0) is 15.5. The molecule has 2 aliphatic heterocycles. The smallest absolute Gasteiger partial charge is 0.227 e. The first-order valence-corrected chi connectivity index (χ1v) is 8.05. The van der Waals surface area contributed by atoms with E-state index in [-0.39, 0.29) is 17.9 Å². The number of para-hydroxylation sites is 1. The van der Waals surface area contributed by atoms with Gasteiger partial charge in [-0.05, 0) is 25.0 Å². The van der Waals surface area contributed by atoms with Crippen molar-refractivity contribution >= 4 is 17.5 Å². The number of hydrogen-bond donors (Lipinski definition) is 1. The van der Waals surface area contributed by atoms with Crippen molar-refractivity contribution in [2.24, 2.45) is 0 Å². The van der Waals surface area contributed by atoms with Crippen LogP contribution in [0.5, 0.6) is 0 Å². The molecule has 2 amide bonds.